The number of phenolic OH excluding ortho intramolecular Hbond substituents is 1. The highest BCUT2D eigenvalue weighted by atomic mass is 16.3. The highest BCUT2D eigenvalue weighted by Gasteiger charge is 2.23. The van der Waals surface area contributed by atoms with Gasteiger partial charge in [0.1, 0.15) is 5.75 Å². The maximum atomic E-state index is 11.7. The summed E-state index contributed by atoms with van der Waals surface area (Å²) >= 11 is 0. The number of aromatic hydroxyl groups is 1. The monoisotopic (exact) mass is 679 g/mol. The van der Waals surface area contributed by atoms with Crippen molar-refractivity contribution in [3.63, 3.8) is 0 Å². The van der Waals surface area contributed by atoms with Gasteiger partial charge in [0.15, 0.2) is 17.5 Å². The number of hydrogen-bond acceptors (Lipinski definition) is 4. The van der Waals surface area contributed by atoms with E-state index in [0.717, 1.165) is 66.4 Å². The minimum absolute atomic E-state index is 0.148. The Hall–Kier alpha value is -7.17. The number of hydrogen-bond donors (Lipinski definition) is 1. The Balaban J connectivity index is 1.33. The maximum Gasteiger partial charge on any atom is 0.165 e. The Kier molecular flexibility index (Phi) is 8.31. The highest BCUT2D eigenvalue weighted by Crippen LogP contribution is 2.45. The van der Waals surface area contributed by atoms with Gasteiger partial charge >= 0.3 is 0 Å². The third-order valence-corrected chi connectivity index (χ3v) is 9.67. The molecule has 0 radical (unpaired) electrons. The zero-order valence-electron chi connectivity index (χ0n) is 28.8. The molecule has 0 aliphatic rings. The van der Waals surface area contributed by atoms with Crippen molar-refractivity contribution in [1.29, 1.82) is 0 Å². The summed E-state index contributed by atoms with van der Waals surface area (Å²) in [5, 5.41) is 13.8. The zero-order valence-corrected chi connectivity index (χ0v) is 28.8. The molecular weight excluding hydrogens is 647 g/mol. The summed E-state index contributed by atoms with van der Waals surface area (Å²) in [6.07, 6.45) is 0. The average Bonchev–Trinajstić information content (AvgIpc) is 3.24. The lowest BCUT2D eigenvalue weighted by molar-refractivity contribution is 0.477. The third-order valence-electron chi connectivity index (χ3n) is 9.67. The molecule has 0 aliphatic heterocycles. The molecule has 0 unspecified atom stereocenters. The van der Waals surface area contributed by atoms with E-state index in [2.05, 4.69) is 109 Å². The van der Waals surface area contributed by atoms with Gasteiger partial charge in [0.25, 0.3) is 0 Å². The molecule has 4 heteroatoms. The normalized spacial score (nSPS) is 11.1. The number of benzene rings is 8. The first-order valence-electron chi connectivity index (χ1n) is 17.7. The predicted octanol–water partition coefficient (Wildman–Crippen LogP) is 12.4. The molecule has 0 bridgehead atoms. The van der Waals surface area contributed by atoms with Gasteiger partial charge in [-0.05, 0) is 74.0 Å². The van der Waals surface area contributed by atoms with Crippen LogP contribution in [0.3, 0.4) is 0 Å². The molecule has 8 aromatic carbocycles. The second-order valence-electron chi connectivity index (χ2n) is 12.9. The van der Waals surface area contributed by atoms with E-state index in [1.807, 2.05) is 78.9 Å². The standard InChI is InChI=1S/C49H33N3O/c53-44-31-30-40(38-25-15-24-37(32-38)33-16-5-1-6-17-33)46(45(44)35-20-9-3-10-21-35)49-51-47(36-22-11-4-12-23-36)50-48(52-49)43-29-28-39(34-18-7-2-8-19-34)41-26-13-14-27-42(41)43/h1-32,53H. The summed E-state index contributed by atoms with van der Waals surface area (Å²) in [5.41, 5.74) is 10.4. The van der Waals surface area contributed by atoms with Crippen molar-refractivity contribution in [2.24, 2.45) is 0 Å². The van der Waals surface area contributed by atoms with Crippen LogP contribution in [-0.4, -0.2) is 20.1 Å². The van der Waals surface area contributed by atoms with Crippen molar-refractivity contribution in [1.82, 2.24) is 15.0 Å². The summed E-state index contributed by atoms with van der Waals surface area (Å²) in [6.45, 7) is 0. The summed E-state index contributed by atoms with van der Waals surface area (Å²) in [4.78, 5) is 15.7. The molecular formula is C49H33N3O. The van der Waals surface area contributed by atoms with Crippen LogP contribution in [0.4, 0.5) is 0 Å². The van der Waals surface area contributed by atoms with E-state index < -0.39 is 0 Å². The van der Waals surface area contributed by atoms with Gasteiger partial charge in [0.05, 0.1) is 0 Å². The molecule has 0 fully saturated rings. The summed E-state index contributed by atoms with van der Waals surface area (Å²) in [7, 11) is 0. The molecule has 0 saturated heterocycles. The third kappa shape index (κ3) is 6.13. The lowest BCUT2D eigenvalue weighted by Gasteiger charge is -2.18. The van der Waals surface area contributed by atoms with Crippen molar-refractivity contribution in [2.45, 2.75) is 0 Å². The van der Waals surface area contributed by atoms with Gasteiger partial charge in [-0.3, -0.25) is 0 Å². The van der Waals surface area contributed by atoms with E-state index in [0.29, 0.717) is 23.0 Å². The lowest BCUT2D eigenvalue weighted by atomic mass is 9.89. The van der Waals surface area contributed by atoms with Gasteiger partial charge in [-0.25, -0.2) is 15.0 Å². The molecule has 0 amide bonds. The predicted molar refractivity (Wildman–Crippen MR) is 217 cm³/mol. The lowest BCUT2D eigenvalue weighted by Crippen LogP contribution is -2.03. The van der Waals surface area contributed by atoms with Gasteiger partial charge in [-0.15, -0.1) is 0 Å². The molecule has 4 nitrogen and oxygen atoms in total. The molecule has 0 aliphatic carbocycles. The van der Waals surface area contributed by atoms with Gasteiger partial charge in [-0.2, -0.15) is 0 Å². The van der Waals surface area contributed by atoms with E-state index in [1.54, 1.807) is 6.07 Å². The van der Waals surface area contributed by atoms with Crippen molar-refractivity contribution >= 4 is 10.8 Å². The smallest absolute Gasteiger partial charge is 0.165 e. The van der Waals surface area contributed by atoms with Crippen LogP contribution in [0, 0.1) is 0 Å². The zero-order chi connectivity index (χ0) is 35.6. The van der Waals surface area contributed by atoms with Crippen LogP contribution in [-0.2, 0) is 0 Å². The first kappa shape index (κ1) is 31.8. The highest BCUT2D eigenvalue weighted by molar-refractivity contribution is 6.04. The van der Waals surface area contributed by atoms with Crippen LogP contribution in [0.25, 0.3) is 89.4 Å². The van der Waals surface area contributed by atoms with Gasteiger partial charge < -0.3 is 5.11 Å². The van der Waals surface area contributed by atoms with Crippen molar-refractivity contribution < 1.29 is 5.11 Å². The molecule has 1 heterocycles. The van der Waals surface area contributed by atoms with Crippen LogP contribution >= 0.6 is 0 Å². The summed E-state index contributed by atoms with van der Waals surface area (Å²) < 4.78 is 0. The quantitative estimate of drug-likeness (QED) is 0.182. The topological polar surface area (TPSA) is 58.9 Å². The van der Waals surface area contributed by atoms with Crippen LogP contribution in [0.5, 0.6) is 5.75 Å². The van der Waals surface area contributed by atoms with Crippen molar-refractivity contribution in [3.05, 3.63) is 194 Å². The molecule has 53 heavy (non-hydrogen) atoms. The maximum absolute atomic E-state index is 11.7. The van der Waals surface area contributed by atoms with Gasteiger partial charge in [0.2, 0.25) is 0 Å². The Morgan fingerprint density at radius 1 is 0.283 bits per heavy atom. The number of aromatic nitrogens is 3. The molecule has 1 aromatic heterocycles. The summed E-state index contributed by atoms with van der Waals surface area (Å²) in [5.74, 6) is 1.72. The van der Waals surface area contributed by atoms with E-state index in [9.17, 15) is 5.11 Å². The number of nitrogens with zero attached hydrogens (tertiary/aromatic N) is 3. The fraction of sp³-hybridized carbons (Fsp3) is 0. The van der Waals surface area contributed by atoms with E-state index in [-0.39, 0.29) is 5.75 Å². The SMILES string of the molecule is Oc1ccc(-c2cccc(-c3ccccc3)c2)c(-c2nc(-c3ccccc3)nc(-c3ccc(-c4ccccc4)c4ccccc34)n2)c1-c1ccccc1. The first-order chi connectivity index (χ1) is 26.2. The first-order valence-corrected chi connectivity index (χ1v) is 17.7. The Morgan fingerprint density at radius 3 is 1.43 bits per heavy atom. The number of rotatable bonds is 7. The van der Waals surface area contributed by atoms with Crippen LogP contribution in [0.1, 0.15) is 0 Å². The minimum atomic E-state index is 0.148. The largest absolute Gasteiger partial charge is 0.507 e. The molecule has 0 spiro atoms. The van der Waals surface area contributed by atoms with Crippen molar-refractivity contribution in [2.75, 3.05) is 0 Å². The van der Waals surface area contributed by atoms with Crippen LogP contribution in [0.2, 0.25) is 0 Å². The van der Waals surface area contributed by atoms with E-state index in [1.165, 1.54) is 0 Å². The molecule has 0 saturated carbocycles. The molecule has 0 atom stereocenters. The fourth-order valence-electron chi connectivity index (χ4n) is 7.15. The van der Waals surface area contributed by atoms with Gasteiger partial charge in [-0.1, -0.05) is 170 Å². The second kappa shape index (κ2) is 13.9. The van der Waals surface area contributed by atoms with Crippen LogP contribution < -0.4 is 0 Å². The molecule has 9 rings (SSSR count). The molecule has 1 N–H and O–H groups in total. The van der Waals surface area contributed by atoms with Crippen molar-refractivity contribution in [3.8, 4) is 84.4 Å². The van der Waals surface area contributed by atoms with E-state index in [4.69, 9.17) is 15.0 Å². The van der Waals surface area contributed by atoms with E-state index >= 15 is 0 Å². The van der Waals surface area contributed by atoms with Crippen LogP contribution in [0.15, 0.2) is 194 Å². The second-order valence-corrected chi connectivity index (χ2v) is 12.9. The number of fused-ring (bicyclic) bond motifs is 1. The average molecular weight is 680 g/mol. The summed E-state index contributed by atoms with van der Waals surface area (Å²) in [6, 6.07) is 65.7. The molecule has 9 aromatic rings. The minimum Gasteiger partial charge on any atom is -0.507 e. The van der Waals surface area contributed by atoms with Gasteiger partial charge in [0, 0.05) is 22.3 Å². The fourth-order valence-corrected chi connectivity index (χ4v) is 7.15. The number of phenols is 1. The Morgan fingerprint density at radius 2 is 0.755 bits per heavy atom. The molecule has 250 valence electrons. The Bertz CT molecular complexity index is 2710. The Labute approximate surface area is 308 Å².